The van der Waals surface area contributed by atoms with Crippen LogP contribution in [0.25, 0.3) is 5.70 Å². The Hall–Kier alpha value is -2.09. The molecule has 1 aromatic heterocycles. The van der Waals surface area contributed by atoms with E-state index >= 15 is 0 Å². The SMILES string of the molecule is CN(C)[N+]12C=C[C]=CC1=NC(c1nccs1)=C2C(N)=O. The Morgan fingerprint density at radius 3 is 2.90 bits per heavy atom. The number of aliphatic imine (C=N–C) groups is 1. The highest BCUT2D eigenvalue weighted by molar-refractivity contribution is 7.10. The summed E-state index contributed by atoms with van der Waals surface area (Å²) >= 11 is 1.43. The van der Waals surface area contributed by atoms with Gasteiger partial charge in [0.15, 0.2) is 5.70 Å². The van der Waals surface area contributed by atoms with Gasteiger partial charge in [-0.25, -0.2) is 4.98 Å². The van der Waals surface area contributed by atoms with Crippen molar-refractivity contribution in [2.75, 3.05) is 14.1 Å². The third-order valence-corrected chi connectivity index (χ3v) is 4.02. The molecule has 1 radical (unpaired) electrons. The Labute approximate surface area is 120 Å². The molecule has 0 fully saturated rings. The summed E-state index contributed by atoms with van der Waals surface area (Å²) in [6.45, 7) is 0. The Morgan fingerprint density at radius 2 is 2.30 bits per heavy atom. The first kappa shape index (κ1) is 12.9. The Morgan fingerprint density at radius 1 is 1.50 bits per heavy atom. The zero-order chi connectivity index (χ0) is 14.3. The number of fused-ring (bicyclic) bond motifs is 1. The lowest BCUT2D eigenvalue weighted by atomic mass is 10.2. The number of allylic oxidation sites excluding steroid dienone is 2. The fourth-order valence-electron chi connectivity index (χ4n) is 2.39. The lowest BCUT2D eigenvalue weighted by Crippen LogP contribution is -2.57. The molecule has 3 rings (SSSR count). The number of carbonyl (C=O) groups excluding carboxylic acids is 1. The Kier molecular flexibility index (Phi) is 2.89. The van der Waals surface area contributed by atoms with Crippen LogP contribution in [-0.2, 0) is 4.79 Å². The van der Waals surface area contributed by atoms with Crippen LogP contribution < -0.4 is 5.73 Å². The van der Waals surface area contributed by atoms with Crippen molar-refractivity contribution >= 4 is 28.8 Å². The summed E-state index contributed by atoms with van der Waals surface area (Å²) in [4.78, 5) is 20.8. The minimum absolute atomic E-state index is 0.0667. The maximum Gasteiger partial charge on any atom is 0.308 e. The van der Waals surface area contributed by atoms with Crippen molar-refractivity contribution in [3.8, 4) is 0 Å². The van der Waals surface area contributed by atoms with E-state index in [1.165, 1.54) is 11.3 Å². The van der Waals surface area contributed by atoms with E-state index in [0.717, 1.165) is 0 Å². The van der Waals surface area contributed by atoms with E-state index in [9.17, 15) is 4.79 Å². The van der Waals surface area contributed by atoms with Crippen molar-refractivity contribution in [1.29, 1.82) is 0 Å². The zero-order valence-corrected chi connectivity index (χ0v) is 11.9. The molecule has 101 valence electrons. The minimum Gasteiger partial charge on any atom is -0.361 e. The van der Waals surface area contributed by atoms with Crippen LogP contribution in [-0.4, -0.2) is 40.4 Å². The first-order chi connectivity index (χ1) is 9.57. The molecule has 20 heavy (non-hydrogen) atoms. The summed E-state index contributed by atoms with van der Waals surface area (Å²) < 4.78 is 0.0667. The van der Waals surface area contributed by atoms with Gasteiger partial charge in [0, 0.05) is 37.8 Å². The van der Waals surface area contributed by atoms with Crippen molar-refractivity contribution in [2.45, 2.75) is 0 Å². The molecule has 3 heterocycles. The van der Waals surface area contributed by atoms with Crippen LogP contribution in [0.2, 0.25) is 0 Å². The maximum absolute atomic E-state index is 12.0. The molecule has 0 saturated heterocycles. The van der Waals surface area contributed by atoms with Crippen molar-refractivity contribution in [3.63, 3.8) is 0 Å². The molecule has 2 aliphatic heterocycles. The molecule has 1 unspecified atom stereocenters. The van der Waals surface area contributed by atoms with Crippen LogP contribution >= 0.6 is 11.3 Å². The monoisotopic (exact) mass is 287 g/mol. The fourth-order valence-corrected chi connectivity index (χ4v) is 3.01. The van der Waals surface area contributed by atoms with E-state index in [0.29, 0.717) is 22.2 Å². The molecule has 0 aromatic carbocycles. The third kappa shape index (κ3) is 1.61. The largest absolute Gasteiger partial charge is 0.361 e. The average molecular weight is 287 g/mol. The van der Waals surface area contributed by atoms with Gasteiger partial charge in [-0.05, 0) is 6.08 Å². The highest BCUT2D eigenvalue weighted by atomic mass is 32.1. The molecule has 0 bridgehead atoms. The second-order valence-electron chi connectivity index (χ2n) is 4.53. The summed E-state index contributed by atoms with van der Waals surface area (Å²) in [7, 11) is 3.74. The lowest BCUT2D eigenvalue weighted by Gasteiger charge is -2.35. The van der Waals surface area contributed by atoms with Gasteiger partial charge in [0.2, 0.25) is 0 Å². The topological polar surface area (TPSA) is 71.6 Å². The van der Waals surface area contributed by atoms with Crippen LogP contribution in [0.1, 0.15) is 5.01 Å². The van der Waals surface area contributed by atoms with Crippen LogP contribution in [0.3, 0.4) is 0 Å². The molecule has 6 nitrogen and oxygen atoms in total. The van der Waals surface area contributed by atoms with E-state index in [1.54, 1.807) is 18.3 Å². The van der Waals surface area contributed by atoms with E-state index in [4.69, 9.17) is 5.73 Å². The molecular formula is C13H13N5OS+. The van der Waals surface area contributed by atoms with Gasteiger partial charge in [-0.2, -0.15) is 4.99 Å². The van der Waals surface area contributed by atoms with Gasteiger partial charge < -0.3 is 5.73 Å². The van der Waals surface area contributed by atoms with Gasteiger partial charge >= 0.3 is 5.91 Å². The third-order valence-electron chi connectivity index (χ3n) is 3.24. The predicted molar refractivity (Wildman–Crippen MR) is 76.6 cm³/mol. The standard InChI is InChI=1S/C13H12N5OS/c1-17(2)18-7-4-3-5-9(18)16-10(11(18)12(14)19)13-15-6-8-20-13/h4-8H,1-2H3,(H-,14,19)/p+1. The van der Waals surface area contributed by atoms with Gasteiger partial charge in [0.1, 0.15) is 11.2 Å². The number of quaternary nitrogens is 1. The van der Waals surface area contributed by atoms with Gasteiger partial charge in [-0.15, -0.1) is 20.9 Å². The first-order valence-corrected chi connectivity index (χ1v) is 6.82. The lowest BCUT2D eigenvalue weighted by molar-refractivity contribution is -0.864. The van der Waals surface area contributed by atoms with Gasteiger partial charge in [0.05, 0.1) is 0 Å². The van der Waals surface area contributed by atoms with Gasteiger partial charge in [-0.3, -0.25) is 4.79 Å². The Balaban J connectivity index is 2.30. The zero-order valence-electron chi connectivity index (χ0n) is 11.1. The van der Waals surface area contributed by atoms with E-state index < -0.39 is 5.91 Å². The van der Waals surface area contributed by atoms with Crippen LogP contribution in [0.15, 0.2) is 40.6 Å². The number of nitrogens with two attached hydrogens (primary N) is 1. The molecule has 0 saturated carbocycles. The number of rotatable bonds is 3. The summed E-state index contributed by atoms with van der Waals surface area (Å²) in [6.07, 6.45) is 10.0. The Bertz CT molecular complexity index is 684. The first-order valence-electron chi connectivity index (χ1n) is 5.94. The number of hydrogen-bond acceptors (Lipinski definition) is 5. The molecule has 1 aromatic rings. The van der Waals surface area contributed by atoms with Crippen LogP contribution in [0.5, 0.6) is 0 Å². The van der Waals surface area contributed by atoms with Crippen molar-refractivity contribution in [2.24, 2.45) is 10.7 Å². The molecule has 2 aliphatic rings. The molecule has 2 N–H and O–H groups in total. The predicted octanol–water partition coefficient (Wildman–Crippen LogP) is 0.889. The van der Waals surface area contributed by atoms with Crippen molar-refractivity contribution in [1.82, 2.24) is 9.99 Å². The molecule has 1 amide bonds. The summed E-state index contributed by atoms with van der Waals surface area (Å²) in [5.74, 6) is 0.166. The van der Waals surface area contributed by atoms with Crippen LogP contribution in [0.4, 0.5) is 0 Å². The fraction of sp³-hybridized carbons (Fsp3) is 0.154. The molecule has 7 heteroatoms. The molecule has 0 aliphatic carbocycles. The van der Waals surface area contributed by atoms with Crippen molar-refractivity contribution < 1.29 is 9.39 Å². The maximum atomic E-state index is 12.0. The van der Waals surface area contributed by atoms with Gasteiger partial charge in [0.25, 0.3) is 11.5 Å². The number of amidine groups is 1. The highest BCUT2D eigenvalue weighted by Gasteiger charge is 2.51. The number of hydrogen-bond donors (Lipinski definition) is 1. The summed E-state index contributed by atoms with van der Waals surface area (Å²) in [5, 5.41) is 4.39. The molecule has 0 spiro atoms. The number of aromatic nitrogens is 1. The number of primary amides is 1. The molecule has 1 atom stereocenters. The van der Waals surface area contributed by atoms with E-state index in [2.05, 4.69) is 16.1 Å². The number of amides is 1. The number of thiazole rings is 1. The second kappa shape index (κ2) is 4.48. The second-order valence-corrected chi connectivity index (χ2v) is 5.42. The normalized spacial score (nSPS) is 24.2. The molecular weight excluding hydrogens is 274 g/mol. The summed E-state index contributed by atoms with van der Waals surface area (Å²) in [6, 6.07) is 0. The van der Waals surface area contributed by atoms with E-state index in [-0.39, 0.29) is 4.59 Å². The number of nitrogens with zero attached hydrogens (tertiary/aromatic N) is 4. The van der Waals surface area contributed by atoms with E-state index in [1.807, 2.05) is 30.7 Å². The van der Waals surface area contributed by atoms with Crippen molar-refractivity contribution in [3.05, 3.63) is 46.7 Å². The average Bonchev–Trinajstić information content (AvgIpc) is 3.04. The minimum atomic E-state index is -0.511. The number of carbonyl (C=O) groups is 1. The quantitative estimate of drug-likeness (QED) is 0.839. The summed E-state index contributed by atoms with van der Waals surface area (Å²) in [5.41, 5.74) is 6.55. The smallest absolute Gasteiger partial charge is 0.308 e. The van der Waals surface area contributed by atoms with Crippen LogP contribution in [0, 0.1) is 6.08 Å². The van der Waals surface area contributed by atoms with Gasteiger partial charge in [-0.1, -0.05) is 0 Å². The highest BCUT2D eigenvalue weighted by Crippen LogP contribution is 2.38.